The van der Waals surface area contributed by atoms with Gasteiger partial charge in [0.25, 0.3) is 5.91 Å². The SMILES string of the molecule is Cc1ccc(CN(Cc2ccc(/C=C(/C#N)C(=O)NCc3ccccc3)o2)S(=O)(=O)c2ccc(Cl)cc2)cc1. The number of rotatable bonds is 10. The normalized spacial score (nSPS) is 11.8. The first-order chi connectivity index (χ1) is 18.7. The number of nitriles is 1. The molecule has 1 amide bonds. The number of hydrogen-bond donors (Lipinski definition) is 1. The van der Waals surface area contributed by atoms with Crippen LogP contribution in [0.2, 0.25) is 5.02 Å². The van der Waals surface area contributed by atoms with Crippen molar-refractivity contribution in [3.63, 3.8) is 0 Å². The van der Waals surface area contributed by atoms with Gasteiger partial charge in [-0.1, -0.05) is 71.8 Å². The summed E-state index contributed by atoms with van der Waals surface area (Å²) in [5.74, 6) is 0.0779. The lowest BCUT2D eigenvalue weighted by Crippen LogP contribution is -2.30. The largest absolute Gasteiger partial charge is 0.460 e. The molecule has 3 aromatic carbocycles. The molecule has 0 saturated heterocycles. The molecule has 1 heterocycles. The van der Waals surface area contributed by atoms with E-state index in [1.165, 1.54) is 34.6 Å². The van der Waals surface area contributed by atoms with Gasteiger partial charge in [-0.15, -0.1) is 0 Å². The number of furan rings is 1. The minimum absolute atomic E-state index is 0.0607. The number of halogens is 1. The molecule has 0 aliphatic heterocycles. The van der Waals surface area contributed by atoms with Crippen LogP contribution in [0.3, 0.4) is 0 Å². The van der Waals surface area contributed by atoms with Crippen LogP contribution in [0.4, 0.5) is 0 Å². The van der Waals surface area contributed by atoms with Crippen molar-refractivity contribution < 1.29 is 17.6 Å². The molecule has 0 aliphatic rings. The van der Waals surface area contributed by atoms with Crippen LogP contribution in [0.5, 0.6) is 0 Å². The van der Waals surface area contributed by atoms with Gasteiger partial charge in [-0.3, -0.25) is 4.79 Å². The van der Waals surface area contributed by atoms with Gasteiger partial charge in [0.2, 0.25) is 10.0 Å². The van der Waals surface area contributed by atoms with Crippen molar-refractivity contribution >= 4 is 33.6 Å². The van der Waals surface area contributed by atoms with Gasteiger partial charge < -0.3 is 9.73 Å². The molecule has 0 aliphatic carbocycles. The van der Waals surface area contributed by atoms with Crippen LogP contribution >= 0.6 is 11.6 Å². The highest BCUT2D eigenvalue weighted by Crippen LogP contribution is 2.24. The van der Waals surface area contributed by atoms with E-state index in [2.05, 4.69) is 5.32 Å². The van der Waals surface area contributed by atoms with Crippen LogP contribution in [-0.4, -0.2) is 18.6 Å². The van der Waals surface area contributed by atoms with Crippen molar-refractivity contribution in [2.24, 2.45) is 0 Å². The maximum atomic E-state index is 13.6. The lowest BCUT2D eigenvalue weighted by Gasteiger charge is -2.21. The first-order valence-electron chi connectivity index (χ1n) is 12.1. The zero-order valence-electron chi connectivity index (χ0n) is 21.2. The quantitative estimate of drug-likeness (QED) is 0.194. The summed E-state index contributed by atoms with van der Waals surface area (Å²) >= 11 is 5.96. The molecule has 0 spiro atoms. The summed E-state index contributed by atoms with van der Waals surface area (Å²) < 4.78 is 34.3. The van der Waals surface area contributed by atoms with Crippen LogP contribution in [0, 0.1) is 18.3 Å². The molecule has 0 bridgehead atoms. The van der Waals surface area contributed by atoms with Crippen LogP contribution in [0.15, 0.2) is 106 Å². The molecule has 198 valence electrons. The van der Waals surface area contributed by atoms with E-state index in [-0.39, 0.29) is 35.9 Å². The maximum absolute atomic E-state index is 13.6. The fourth-order valence-corrected chi connectivity index (χ4v) is 5.29. The number of carbonyl (C=O) groups is 1. The van der Waals surface area contributed by atoms with Gasteiger partial charge >= 0.3 is 0 Å². The highest BCUT2D eigenvalue weighted by Gasteiger charge is 2.26. The van der Waals surface area contributed by atoms with Crippen LogP contribution < -0.4 is 5.32 Å². The van der Waals surface area contributed by atoms with Gasteiger partial charge in [0.1, 0.15) is 23.2 Å². The zero-order chi connectivity index (χ0) is 27.8. The topological polar surface area (TPSA) is 103 Å². The second-order valence-corrected chi connectivity index (χ2v) is 11.2. The molecule has 9 heteroatoms. The Morgan fingerprint density at radius 1 is 0.949 bits per heavy atom. The summed E-state index contributed by atoms with van der Waals surface area (Å²) in [5.41, 5.74) is 2.65. The lowest BCUT2D eigenvalue weighted by atomic mass is 10.1. The monoisotopic (exact) mass is 559 g/mol. The Morgan fingerprint density at radius 3 is 2.31 bits per heavy atom. The Bertz CT molecular complexity index is 1610. The van der Waals surface area contributed by atoms with Crippen molar-refractivity contribution in [1.29, 1.82) is 5.26 Å². The van der Waals surface area contributed by atoms with E-state index in [1.54, 1.807) is 12.1 Å². The van der Waals surface area contributed by atoms with Gasteiger partial charge in [-0.2, -0.15) is 9.57 Å². The fraction of sp³-hybridized carbons (Fsp3) is 0.133. The second kappa shape index (κ2) is 12.6. The van der Waals surface area contributed by atoms with Gasteiger partial charge in [-0.25, -0.2) is 8.42 Å². The zero-order valence-corrected chi connectivity index (χ0v) is 22.7. The maximum Gasteiger partial charge on any atom is 0.262 e. The van der Waals surface area contributed by atoms with E-state index in [9.17, 15) is 18.5 Å². The Morgan fingerprint density at radius 2 is 1.64 bits per heavy atom. The number of aryl methyl sites for hydroxylation is 1. The lowest BCUT2D eigenvalue weighted by molar-refractivity contribution is -0.117. The molecule has 7 nitrogen and oxygen atoms in total. The second-order valence-electron chi connectivity index (χ2n) is 8.85. The third-order valence-electron chi connectivity index (χ3n) is 5.89. The Hall–Kier alpha value is -4.16. The number of hydrogen-bond acceptors (Lipinski definition) is 5. The number of nitrogens with zero attached hydrogens (tertiary/aromatic N) is 2. The molecular formula is C30H26ClN3O4S. The Balaban J connectivity index is 1.54. The predicted molar refractivity (Wildman–Crippen MR) is 150 cm³/mol. The van der Waals surface area contributed by atoms with Gasteiger partial charge in [0.15, 0.2) is 0 Å². The predicted octanol–water partition coefficient (Wildman–Crippen LogP) is 5.86. The van der Waals surface area contributed by atoms with E-state index in [4.69, 9.17) is 16.0 Å². The molecule has 1 aromatic heterocycles. The van der Waals surface area contributed by atoms with Crippen molar-refractivity contribution in [2.75, 3.05) is 0 Å². The average molecular weight is 560 g/mol. The molecular weight excluding hydrogens is 534 g/mol. The average Bonchev–Trinajstić information content (AvgIpc) is 3.39. The summed E-state index contributed by atoms with van der Waals surface area (Å²) in [5, 5.41) is 12.7. The highest BCUT2D eigenvalue weighted by atomic mass is 35.5. The van der Waals surface area contributed by atoms with E-state index >= 15 is 0 Å². The fourth-order valence-electron chi connectivity index (χ4n) is 3.77. The summed E-state index contributed by atoms with van der Waals surface area (Å²) in [4.78, 5) is 12.6. The Kier molecular flexibility index (Phi) is 8.99. The minimum atomic E-state index is -3.91. The standard InChI is InChI=1S/C30H26ClN3O4S/c1-22-7-9-24(10-8-22)20-34(39(36,37)29-15-11-26(31)12-16-29)21-28-14-13-27(38-28)17-25(18-32)30(35)33-19-23-5-3-2-4-6-23/h2-17H,19-21H2,1H3,(H,33,35)/b25-17-. The first-order valence-corrected chi connectivity index (χ1v) is 13.9. The number of benzene rings is 3. The molecule has 0 atom stereocenters. The van der Waals surface area contributed by atoms with E-state index < -0.39 is 15.9 Å². The van der Waals surface area contributed by atoms with Crippen LogP contribution in [0.1, 0.15) is 28.2 Å². The van der Waals surface area contributed by atoms with Crippen LogP contribution in [0.25, 0.3) is 6.08 Å². The molecule has 39 heavy (non-hydrogen) atoms. The van der Waals surface area contributed by atoms with Gasteiger partial charge in [-0.05, 0) is 54.4 Å². The Labute approximate surface area is 233 Å². The molecule has 0 fully saturated rings. The van der Waals surface area contributed by atoms with E-state index in [0.717, 1.165) is 16.7 Å². The molecule has 0 unspecified atom stereocenters. The van der Waals surface area contributed by atoms with E-state index in [1.807, 2.05) is 67.6 Å². The van der Waals surface area contributed by atoms with Gasteiger partial charge in [0, 0.05) is 24.2 Å². The van der Waals surface area contributed by atoms with Crippen LogP contribution in [-0.2, 0) is 34.5 Å². The molecule has 4 rings (SSSR count). The highest BCUT2D eigenvalue weighted by molar-refractivity contribution is 7.89. The number of amides is 1. The number of carbonyl (C=O) groups excluding carboxylic acids is 1. The smallest absolute Gasteiger partial charge is 0.262 e. The summed E-state index contributed by atoms with van der Waals surface area (Å²) in [7, 11) is -3.91. The van der Waals surface area contributed by atoms with Crippen molar-refractivity contribution in [1.82, 2.24) is 9.62 Å². The van der Waals surface area contributed by atoms with Crippen molar-refractivity contribution in [3.8, 4) is 6.07 Å². The van der Waals surface area contributed by atoms with Crippen molar-refractivity contribution in [3.05, 3.63) is 130 Å². The summed E-state index contributed by atoms with van der Waals surface area (Å²) in [6, 6.07) is 28.0. The van der Waals surface area contributed by atoms with Gasteiger partial charge in [0.05, 0.1) is 11.4 Å². The number of sulfonamides is 1. The number of nitrogens with one attached hydrogen (secondary N) is 1. The summed E-state index contributed by atoms with van der Waals surface area (Å²) in [6.45, 7) is 2.29. The minimum Gasteiger partial charge on any atom is -0.460 e. The molecule has 1 N–H and O–H groups in total. The molecule has 4 aromatic rings. The first kappa shape index (κ1) is 27.9. The molecule has 0 radical (unpaired) electrons. The van der Waals surface area contributed by atoms with E-state index in [0.29, 0.717) is 10.8 Å². The summed E-state index contributed by atoms with van der Waals surface area (Å²) in [6.07, 6.45) is 1.34. The molecule has 0 saturated carbocycles. The van der Waals surface area contributed by atoms with Crippen molar-refractivity contribution in [2.45, 2.75) is 31.5 Å². The third-order valence-corrected chi connectivity index (χ3v) is 7.95. The third kappa shape index (κ3) is 7.45.